The number of rotatable bonds is 3. The number of carbonyl (C=O) groups excluding carboxylic acids is 2. The molecule has 0 bridgehead atoms. The van der Waals surface area contributed by atoms with Gasteiger partial charge in [0.15, 0.2) is 0 Å². The lowest BCUT2D eigenvalue weighted by Crippen LogP contribution is -2.51. The van der Waals surface area contributed by atoms with Gasteiger partial charge in [-0.25, -0.2) is 0 Å². The maximum Gasteiger partial charge on any atom is 0.251 e. The Kier molecular flexibility index (Phi) is 4.61. The van der Waals surface area contributed by atoms with Gasteiger partial charge in [-0.05, 0) is 18.6 Å². The van der Waals surface area contributed by atoms with Crippen LogP contribution < -0.4 is 15.5 Å². The first-order valence-electron chi connectivity index (χ1n) is 7.35. The molecule has 2 fully saturated rings. The molecule has 22 heavy (non-hydrogen) atoms. The summed E-state index contributed by atoms with van der Waals surface area (Å²) in [6, 6.07) is 6.69. The first-order chi connectivity index (χ1) is 10.7. The van der Waals surface area contributed by atoms with Crippen molar-refractivity contribution in [2.45, 2.75) is 18.6 Å². The fraction of sp³-hybridized carbons (Fsp3) is 0.467. The predicted octanol–water partition coefficient (Wildman–Crippen LogP) is 0.550. The molecule has 3 rings (SSSR count). The lowest BCUT2D eigenvalue weighted by molar-refractivity contribution is -0.136. The van der Waals surface area contributed by atoms with Gasteiger partial charge in [-0.3, -0.25) is 9.59 Å². The van der Waals surface area contributed by atoms with Gasteiger partial charge in [0, 0.05) is 19.6 Å². The Morgan fingerprint density at radius 3 is 2.95 bits per heavy atom. The number of hydrogen-bond donors (Lipinski definition) is 2. The third-order valence-corrected chi connectivity index (χ3v) is 4.20. The highest BCUT2D eigenvalue weighted by atomic mass is 35.5. The van der Waals surface area contributed by atoms with Crippen LogP contribution in [-0.4, -0.2) is 50.2 Å². The molecule has 2 N–H and O–H groups in total. The summed E-state index contributed by atoms with van der Waals surface area (Å²) in [7, 11) is 0. The number of morpholine rings is 1. The zero-order valence-electron chi connectivity index (χ0n) is 12.0. The van der Waals surface area contributed by atoms with Gasteiger partial charge in [0.25, 0.3) is 5.91 Å². The van der Waals surface area contributed by atoms with Gasteiger partial charge in [-0.2, -0.15) is 0 Å². The monoisotopic (exact) mass is 323 g/mol. The first-order valence-corrected chi connectivity index (χ1v) is 7.73. The van der Waals surface area contributed by atoms with Gasteiger partial charge in [0.2, 0.25) is 5.91 Å². The second-order valence-electron chi connectivity index (χ2n) is 5.35. The lowest BCUT2D eigenvalue weighted by atomic mass is 10.2. The normalized spacial score (nSPS) is 25.3. The number of anilines is 1. The SMILES string of the molecule is O=C(NC1CCN(c2ccccc2Cl)C1=O)C1CNCCO1. The lowest BCUT2D eigenvalue weighted by Gasteiger charge is -2.24. The van der Waals surface area contributed by atoms with Crippen LogP contribution in [-0.2, 0) is 14.3 Å². The molecule has 0 spiro atoms. The van der Waals surface area contributed by atoms with Crippen LogP contribution in [0.4, 0.5) is 5.69 Å². The molecule has 6 nitrogen and oxygen atoms in total. The van der Waals surface area contributed by atoms with Crippen LogP contribution in [0.5, 0.6) is 0 Å². The van der Waals surface area contributed by atoms with E-state index in [1.807, 2.05) is 12.1 Å². The van der Waals surface area contributed by atoms with E-state index in [1.165, 1.54) is 0 Å². The molecule has 1 aromatic carbocycles. The zero-order valence-corrected chi connectivity index (χ0v) is 12.8. The van der Waals surface area contributed by atoms with E-state index in [-0.39, 0.29) is 11.8 Å². The summed E-state index contributed by atoms with van der Waals surface area (Å²) in [5, 5.41) is 6.40. The number of nitrogens with one attached hydrogen (secondary N) is 2. The van der Waals surface area contributed by atoms with Crippen molar-refractivity contribution in [3.8, 4) is 0 Å². The highest BCUT2D eigenvalue weighted by molar-refractivity contribution is 6.34. The summed E-state index contributed by atoms with van der Waals surface area (Å²) in [4.78, 5) is 26.2. The maximum atomic E-state index is 12.5. The molecule has 0 aliphatic carbocycles. The Hall–Kier alpha value is -1.63. The van der Waals surface area contributed by atoms with E-state index in [2.05, 4.69) is 10.6 Å². The summed E-state index contributed by atoms with van der Waals surface area (Å²) in [6.07, 6.45) is 0.0339. The number of halogens is 1. The molecule has 2 aliphatic rings. The van der Waals surface area contributed by atoms with E-state index in [4.69, 9.17) is 16.3 Å². The van der Waals surface area contributed by atoms with E-state index >= 15 is 0 Å². The van der Waals surface area contributed by atoms with Crippen molar-refractivity contribution in [2.75, 3.05) is 31.1 Å². The van der Waals surface area contributed by atoms with Crippen LogP contribution >= 0.6 is 11.6 Å². The van der Waals surface area contributed by atoms with Crippen molar-refractivity contribution in [2.24, 2.45) is 0 Å². The Bertz CT molecular complexity index is 575. The minimum atomic E-state index is -0.532. The molecule has 0 aromatic heterocycles. The van der Waals surface area contributed by atoms with E-state index in [1.54, 1.807) is 17.0 Å². The summed E-state index contributed by atoms with van der Waals surface area (Å²) in [5.74, 6) is -0.378. The third-order valence-electron chi connectivity index (χ3n) is 3.89. The summed E-state index contributed by atoms with van der Waals surface area (Å²) in [6.45, 7) is 2.26. The van der Waals surface area contributed by atoms with Crippen LogP contribution in [0, 0.1) is 0 Å². The molecular formula is C15H18ClN3O3. The Morgan fingerprint density at radius 2 is 2.23 bits per heavy atom. The third kappa shape index (κ3) is 3.09. The van der Waals surface area contributed by atoms with E-state index in [0.717, 1.165) is 6.54 Å². The van der Waals surface area contributed by atoms with Gasteiger partial charge >= 0.3 is 0 Å². The molecule has 2 heterocycles. The van der Waals surface area contributed by atoms with Crippen molar-refractivity contribution in [3.05, 3.63) is 29.3 Å². The molecule has 118 valence electrons. The van der Waals surface area contributed by atoms with Crippen LogP contribution in [0.1, 0.15) is 6.42 Å². The average molecular weight is 324 g/mol. The van der Waals surface area contributed by atoms with Crippen LogP contribution in [0.3, 0.4) is 0 Å². The Balaban J connectivity index is 1.64. The van der Waals surface area contributed by atoms with Crippen molar-refractivity contribution in [1.82, 2.24) is 10.6 Å². The smallest absolute Gasteiger partial charge is 0.251 e. The number of ether oxygens (including phenoxy) is 1. The summed E-state index contributed by atoms with van der Waals surface area (Å²) in [5.41, 5.74) is 0.682. The Labute approximate surface area is 133 Å². The minimum Gasteiger partial charge on any atom is -0.366 e. The minimum absolute atomic E-state index is 0.134. The molecule has 0 saturated carbocycles. The summed E-state index contributed by atoms with van der Waals surface area (Å²) < 4.78 is 5.40. The number of hydrogen-bond acceptors (Lipinski definition) is 4. The topological polar surface area (TPSA) is 70.7 Å². The van der Waals surface area contributed by atoms with E-state index in [0.29, 0.717) is 36.8 Å². The fourth-order valence-electron chi connectivity index (χ4n) is 2.72. The van der Waals surface area contributed by atoms with E-state index in [9.17, 15) is 9.59 Å². The molecule has 2 aliphatic heterocycles. The van der Waals surface area contributed by atoms with Gasteiger partial charge in [-0.1, -0.05) is 23.7 Å². The quantitative estimate of drug-likeness (QED) is 0.852. The molecule has 2 atom stereocenters. The fourth-order valence-corrected chi connectivity index (χ4v) is 2.96. The van der Waals surface area contributed by atoms with Gasteiger partial charge < -0.3 is 20.3 Å². The molecule has 2 unspecified atom stereocenters. The second kappa shape index (κ2) is 6.64. The largest absolute Gasteiger partial charge is 0.366 e. The number of carbonyl (C=O) groups is 2. The van der Waals surface area contributed by atoms with Gasteiger partial charge in [-0.15, -0.1) is 0 Å². The molecule has 0 radical (unpaired) electrons. The number of nitrogens with zero attached hydrogens (tertiary/aromatic N) is 1. The average Bonchev–Trinajstić information content (AvgIpc) is 2.90. The van der Waals surface area contributed by atoms with E-state index < -0.39 is 12.1 Å². The second-order valence-corrected chi connectivity index (χ2v) is 5.76. The molecule has 1 aromatic rings. The molecular weight excluding hydrogens is 306 g/mol. The zero-order chi connectivity index (χ0) is 15.5. The summed E-state index contributed by atoms with van der Waals surface area (Å²) >= 11 is 6.14. The molecule has 7 heteroatoms. The maximum absolute atomic E-state index is 12.5. The predicted molar refractivity (Wildman–Crippen MR) is 83.0 cm³/mol. The van der Waals surface area contributed by atoms with Crippen LogP contribution in [0.2, 0.25) is 5.02 Å². The number of para-hydroxylation sites is 1. The van der Waals surface area contributed by atoms with Gasteiger partial charge in [0.1, 0.15) is 12.1 Å². The Morgan fingerprint density at radius 1 is 1.41 bits per heavy atom. The van der Waals surface area contributed by atoms with Crippen molar-refractivity contribution in [1.29, 1.82) is 0 Å². The standard InChI is InChI=1S/C15H18ClN3O3/c16-10-3-1-2-4-12(10)19-7-5-11(15(19)21)18-14(20)13-9-17-6-8-22-13/h1-4,11,13,17H,5-9H2,(H,18,20). The van der Waals surface area contributed by atoms with Crippen LogP contribution in [0.25, 0.3) is 0 Å². The van der Waals surface area contributed by atoms with Crippen molar-refractivity contribution < 1.29 is 14.3 Å². The van der Waals surface area contributed by atoms with Crippen molar-refractivity contribution >= 4 is 29.1 Å². The van der Waals surface area contributed by atoms with Crippen molar-refractivity contribution in [3.63, 3.8) is 0 Å². The van der Waals surface area contributed by atoms with Gasteiger partial charge in [0.05, 0.1) is 17.3 Å². The number of benzene rings is 1. The van der Waals surface area contributed by atoms with Crippen LogP contribution in [0.15, 0.2) is 24.3 Å². The highest BCUT2D eigenvalue weighted by Gasteiger charge is 2.36. The highest BCUT2D eigenvalue weighted by Crippen LogP contribution is 2.29. The number of amides is 2. The molecule has 2 amide bonds. The molecule has 2 saturated heterocycles. The first kappa shape index (κ1) is 15.3.